The zero-order valence-corrected chi connectivity index (χ0v) is 7.56. The summed E-state index contributed by atoms with van der Waals surface area (Å²) in [6.45, 7) is 3.25. The molecule has 0 aliphatic rings. The van der Waals surface area contributed by atoms with Gasteiger partial charge in [-0.1, -0.05) is 12.2 Å². The van der Waals surface area contributed by atoms with Crippen LogP contribution in [0.1, 0.15) is 13.8 Å². The van der Waals surface area contributed by atoms with Crippen LogP contribution in [0, 0.1) is 0 Å². The SMILES string of the molecule is CC=CC(=O)N(C=O)C(=O)C=CC. The normalized spacial score (nSPS) is 10.6. The molecule has 0 unspecified atom stereocenters. The summed E-state index contributed by atoms with van der Waals surface area (Å²) in [4.78, 5) is 32.9. The standard InChI is InChI=1S/C9H11NO3/c1-3-5-8(12)10(7-11)9(13)6-4-2/h3-7H,1-2H3. The molecule has 0 saturated carbocycles. The van der Waals surface area contributed by atoms with E-state index >= 15 is 0 Å². The lowest BCUT2D eigenvalue weighted by atomic mass is 10.4. The van der Waals surface area contributed by atoms with Crippen molar-refractivity contribution in [3.8, 4) is 0 Å². The Balaban J connectivity index is 4.60. The Morgan fingerprint density at radius 3 is 1.62 bits per heavy atom. The highest BCUT2D eigenvalue weighted by Gasteiger charge is 2.14. The van der Waals surface area contributed by atoms with Gasteiger partial charge < -0.3 is 0 Å². The van der Waals surface area contributed by atoms with Crippen LogP contribution in [0.5, 0.6) is 0 Å². The largest absolute Gasteiger partial charge is 0.278 e. The third kappa shape index (κ3) is 3.46. The molecule has 0 radical (unpaired) electrons. The van der Waals surface area contributed by atoms with E-state index in [1.54, 1.807) is 13.8 Å². The molecule has 0 atom stereocenters. The summed E-state index contributed by atoms with van der Waals surface area (Å²) in [5.74, 6) is -1.28. The fourth-order valence-electron chi connectivity index (χ4n) is 0.658. The third-order valence-corrected chi connectivity index (χ3v) is 1.20. The molecule has 4 heteroatoms. The van der Waals surface area contributed by atoms with E-state index in [0.717, 1.165) is 12.2 Å². The molecule has 0 aromatic rings. The van der Waals surface area contributed by atoms with E-state index in [4.69, 9.17) is 0 Å². The van der Waals surface area contributed by atoms with Gasteiger partial charge in [-0.2, -0.15) is 0 Å². The Morgan fingerprint density at radius 1 is 1.00 bits per heavy atom. The first-order chi connectivity index (χ1) is 6.17. The van der Waals surface area contributed by atoms with E-state index in [0.29, 0.717) is 4.90 Å². The van der Waals surface area contributed by atoms with Crippen molar-refractivity contribution in [2.45, 2.75) is 13.8 Å². The summed E-state index contributed by atoms with van der Waals surface area (Å²) < 4.78 is 0. The van der Waals surface area contributed by atoms with Crippen molar-refractivity contribution in [2.75, 3.05) is 0 Å². The molecule has 3 amide bonds. The third-order valence-electron chi connectivity index (χ3n) is 1.20. The molecule has 0 saturated heterocycles. The number of hydrogen-bond acceptors (Lipinski definition) is 3. The molecule has 0 heterocycles. The van der Waals surface area contributed by atoms with Gasteiger partial charge in [-0.15, -0.1) is 0 Å². The lowest BCUT2D eigenvalue weighted by Gasteiger charge is -2.07. The minimum atomic E-state index is -0.638. The second-order valence-corrected chi connectivity index (χ2v) is 2.15. The molecule has 0 rings (SSSR count). The van der Waals surface area contributed by atoms with Crippen molar-refractivity contribution in [1.29, 1.82) is 0 Å². The van der Waals surface area contributed by atoms with Gasteiger partial charge in [-0.25, -0.2) is 4.90 Å². The van der Waals surface area contributed by atoms with Crippen molar-refractivity contribution >= 4 is 18.2 Å². The van der Waals surface area contributed by atoms with Crippen molar-refractivity contribution in [3.05, 3.63) is 24.3 Å². The minimum absolute atomic E-state index is 0.199. The van der Waals surface area contributed by atoms with Crippen LogP contribution >= 0.6 is 0 Å². The number of nitrogens with zero attached hydrogens (tertiary/aromatic N) is 1. The molecule has 0 N–H and O–H groups in total. The molecule has 0 aliphatic heterocycles. The summed E-state index contributed by atoms with van der Waals surface area (Å²) in [6, 6.07) is 0. The number of hydrogen-bond donors (Lipinski definition) is 0. The smallest absolute Gasteiger partial charge is 0.259 e. The summed E-state index contributed by atoms with van der Waals surface area (Å²) in [5.41, 5.74) is 0. The molecular weight excluding hydrogens is 170 g/mol. The maximum absolute atomic E-state index is 11.0. The fraction of sp³-hybridized carbons (Fsp3) is 0.222. The number of imide groups is 3. The van der Waals surface area contributed by atoms with Gasteiger partial charge in [0.05, 0.1) is 0 Å². The number of allylic oxidation sites excluding steroid dienone is 2. The number of carbonyl (C=O) groups is 3. The fourth-order valence-corrected chi connectivity index (χ4v) is 0.658. The Labute approximate surface area is 76.5 Å². The zero-order valence-electron chi connectivity index (χ0n) is 7.56. The average molecular weight is 181 g/mol. The molecule has 13 heavy (non-hydrogen) atoms. The predicted molar refractivity (Wildman–Crippen MR) is 47.5 cm³/mol. The van der Waals surface area contributed by atoms with Crippen molar-refractivity contribution in [3.63, 3.8) is 0 Å². The van der Waals surface area contributed by atoms with Crippen molar-refractivity contribution in [1.82, 2.24) is 4.90 Å². The van der Waals surface area contributed by atoms with E-state index in [1.165, 1.54) is 12.2 Å². The quantitative estimate of drug-likeness (QED) is 0.474. The Hall–Kier alpha value is -1.71. The highest BCUT2D eigenvalue weighted by Crippen LogP contribution is 1.91. The highest BCUT2D eigenvalue weighted by molar-refractivity contribution is 6.12. The van der Waals surface area contributed by atoms with Gasteiger partial charge in [-0.05, 0) is 26.0 Å². The first kappa shape index (κ1) is 11.3. The Morgan fingerprint density at radius 2 is 1.38 bits per heavy atom. The van der Waals surface area contributed by atoms with Crippen LogP contribution in [0.15, 0.2) is 24.3 Å². The molecule has 0 bridgehead atoms. The van der Waals surface area contributed by atoms with Crippen LogP contribution in [0.25, 0.3) is 0 Å². The van der Waals surface area contributed by atoms with Crippen LogP contribution in [0.2, 0.25) is 0 Å². The van der Waals surface area contributed by atoms with Crippen LogP contribution < -0.4 is 0 Å². The molecule has 0 aromatic heterocycles. The van der Waals surface area contributed by atoms with Gasteiger partial charge in [0.2, 0.25) is 6.41 Å². The van der Waals surface area contributed by atoms with E-state index < -0.39 is 11.8 Å². The van der Waals surface area contributed by atoms with E-state index in [9.17, 15) is 14.4 Å². The lowest BCUT2D eigenvalue weighted by molar-refractivity contribution is -0.143. The Kier molecular flexibility index (Phi) is 5.11. The predicted octanol–water partition coefficient (Wildman–Crippen LogP) is 0.650. The topological polar surface area (TPSA) is 54.5 Å². The van der Waals surface area contributed by atoms with Crippen LogP contribution in [0.4, 0.5) is 0 Å². The van der Waals surface area contributed by atoms with Crippen LogP contribution in [-0.4, -0.2) is 23.1 Å². The molecule has 4 nitrogen and oxygen atoms in total. The van der Waals surface area contributed by atoms with Crippen LogP contribution in [0.3, 0.4) is 0 Å². The summed E-state index contributed by atoms with van der Waals surface area (Å²) >= 11 is 0. The lowest BCUT2D eigenvalue weighted by Crippen LogP contribution is -2.33. The first-order valence-electron chi connectivity index (χ1n) is 3.75. The zero-order chi connectivity index (χ0) is 10.3. The number of rotatable bonds is 3. The summed E-state index contributed by atoms with van der Waals surface area (Å²) in [7, 11) is 0. The second kappa shape index (κ2) is 5.88. The van der Waals surface area contributed by atoms with Gasteiger partial charge in [0.1, 0.15) is 0 Å². The van der Waals surface area contributed by atoms with Crippen molar-refractivity contribution in [2.24, 2.45) is 0 Å². The molecule has 70 valence electrons. The van der Waals surface area contributed by atoms with Gasteiger partial charge in [0, 0.05) is 0 Å². The number of carbonyl (C=O) groups excluding carboxylic acids is 3. The molecular formula is C9H11NO3. The van der Waals surface area contributed by atoms with Crippen molar-refractivity contribution < 1.29 is 14.4 Å². The van der Waals surface area contributed by atoms with E-state index in [-0.39, 0.29) is 6.41 Å². The monoisotopic (exact) mass is 181 g/mol. The molecule has 0 aliphatic carbocycles. The second-order valence-electron chi connectivity index (χ2n) is 2.15. The highest BCUT2D eigenvalue weighted by atomic mass is 16.2. The average Bonchev–Trinajstić information content (AvgIpc) is 2.06. The number of amides is 3. The summed E-state index contributed by atoms with van der Waals surface area (Å²) in [6.07, 6.45) is 5.42. The van der Waals surface area contributed by atoms with Gasteiger partial charge in [-0.3, -0.25) is 14.4 Å². The van der Waals surface area contributed by atoms with Gasteiger partial charge in [0.25, 0.3) is 11.8 Å². The van der Waals surface area contributed by atoms with E-state index in [2.05, 4.69) is 0 Å². The Bertz CT molecular complexity index is 242. The molecule has 0 spiro atoms. The summed E-state index contributed by atoms with van der Waals surface area (Å²) in [5, 5.41) is 0. The molecule has 0 aromatic carbocycles. The maximum atomic E-state index is 11.0. The minimum Gasteiger partial charge on any atom is -0.278 e. The van der Waals surface area contributed by atoms with Crippen LogP contribution in [-0.2, 0) is 14.4 Å². The first-order valence-corrected chi connectivity index (χ1v) is 3.75. The van der Waals surface area contributed by atoms with E-state index in [1.807, 2.05) is 0 Å². The van der Waals surface area contributed by atoms with Gasteiger partial charge >= 0.3 is 0 Å². The maximum Gasteiger partial charge on any atom is 0.259 e. The molecule has 0 fully saturated rings. The van der Waals surface area contributed by atoms with Gasteiger partial charge in [0.15, 0.2) is 0 Å².